The highest BCUT2D eigenvalue weighted by Gasteiger charge is 2.07. The van der Waals surface area contributed by atoms with E-state index in [1.165, 1.54) is 6.08 Å². The molecule has 0 saturated heterocycles. The molecule has 0 N–H and O–H groups in total. The van der Waals surface area contributed by atoms with Crippen LogP contribution in [-0.2, 0) is 4.79 Å². The summed E-state index contributed by atoms with van der Waals surface area (Å²) in [5.41, 5.74) is 1.52. The highest BCUT2D eigenvalue weighted by molar-refractivity contribution is 6.08. The zero-order valence-electron chi connectivity index (χ0n) is 7.14. The van der Waals surface area contributed by atoms with Crippen molar-refractivity contribution in [2.24, 2.45) is 4.99 Å². The number of carbonyl (C=O) groups excluding carboxylic acids is 1. The second kappa shape index (κ2) is 2.45. The molecule has 1 aromatic heterocycles. The van der Waals surface area contributed by atoms with Gasteiger partial charge in [0.05, 0.1) is 16.4 Å². The van der Waals surface area contributed by atoms with E-state index in [0.29, 0.717) is 5.36 Å². The number of hydrogen-bond donors (Lipinski definition) is 0. The highest BCUT2D eigenvalue weighted by Crippen LogP contribution is 2.00. The van der Waals surface area contributed by atoms with Crippen LogP contribution in [0.4, 0.5) is 0 Å². The number of benzene rings is 1. The Hall–Kier alpha value is -2.10. The van der Waals surface area contributed by atoms with Crippen LogP contribution in [0.15, 0.2) is 29.5 Å². The summed E-state index contributed by atoms with van der Waals surface area (Å²) < 4.78 is 0. The molecule has 0 unspecified atom stereocenters. The van der Waals surface area contributed by atoms with Crippen LogP contribution in [0.5, 0.6) is 0 Å². The van der Waals surface area contributed by atoms with Crippen LogP contribution in [0.25, 0.3) is 17.1 Å². The molecule has 2 heterocycles. The number of amides is 1. The third-order valence-corrected chi connectivity index (χ3v) is 2.16. The highest BCUT2D eigenvalue weighted by atomic mass is 16.1. The molecule has 1 aliphatic heterocycles. The van der Waals surface area contributed by atoms with Gasteiger partial charge in [-0.1, -0.05) is 0 Å². The van der Waals surface area contributed by atoms with Crippen LogP contribution >= 0.6 is 0 Å². The molecule has 14 heavy (non-hydrogen) atoms. The third kappa shape index (κ3) is 0.877. The summed E-state index contributed by atoms with van der Waals surface area (Å²) in [7, 11) is 0. The number of hydrogen-bond acceptors (Lipinski definition) is 3. The van der Waals surface area contributed by atoms with Crippen molar-refractivity contribution in [3.63, 3.8) is 0 Å². The predicted molar refractivity (Wildman–Crippen MR) is 49.8 cm³/mol. The molecular weight excluding hydrogens is 178 g/mol. The molecule has 4 heteroatoms. The minimum absolute atomic E-state index is 0.224. The van der Waals surface area contributed by atoms with Crippen molar-refractivity contribution in [2.45, 2.75) is 0 Å². The molecule has 0 saturated carbocycles. The average molecular weight is 183 g/mol. The van der Waals surface area contributed by atoms with Crippen molar-refractivity contribution >= 4 is 23.0 Å². The monoisotopic (exact) mass is 183 g/mol. The van der Waals surface area contributed by atoms with Gasteiger partial charge in [0.25, 0.3) is 5.91 Å². The second-order valence-electron chi connectivity index (χ2n) is 3.02. The van der Waals surface area contributed by atoms with E-state index in [0.717, 1.165) is 16.3 Å². The number of carbonyl (C=O) groups is 1. The third-order valence-electron chi connectivity index (χ3n) is 2.16. The summed E-state index contributed by atoms with van der Waals surface area (Å²) >= 11 is 0. The van der Waals surface area contributed by atoms with Crippen LogP contribution in [-0.4, -0.2) is 15.9 Å². The lowest BCUT2D eigenvalue weighted by molar-refractivity contribution is -0.112. The summed E-state index contributed by atoms with van der Waals surface area (Å²) in [5.74, 6) is -0.224. The lowest BCUT2D eigenvalue weighted by atomic mass is 10.2. The van der Waals surface area contributed by atoms with Gasteiger partial charge in [-0.05, 0) is 12.1 Å². The molecule has 3 rings (SSSR count). The minimum atomic E-state index is -0.224. The van der Waals surface area contributed by atoms with E-state index in [9.17, 15) is 4.79 Å². The second-order valence-corrected chi connectivity index (χ2v) is 3.02. The largest absolute Gasteiger partial charge is 0.271 e. The summed E-state index contributed by atoms with van der Waals surface area (Å²) in [5, 5.41) is 1.46. The van der Waals surface area contributed by atoms with Crippen molar-refractivity contribution in [2.75, 3.05) is 0 Å². The van der Waals surface area contributed by atoms with E-state index < -0.39 is 0 Å². The van der Waals surface area contributed by atoms with Crippen molar-refractivity contribution < 1.29 is 4.79 Å². The molecule has 0 radical (unpaired) electrons. The molecule has 0 spiro atoms. The first-order valence-electron chi connectivity index (χ1n) is 4.19. The van der Waals surface area contributed by atoms with Gasteiger partial charge < -0.3 is 0 Å². The fourth-order valence-corrected chi connectivity index (χ4v) is 1.56. The molecule has 2 aromatic rings. The Morgan fingerprint density at radius 3 is 2.86 bits per heavy atom. The molecule has 1 aromatic carbocycles. The number of nitrogens with zero attached hydrogens (tertiary/aromatic N) is 3. The Balaban J connectivity index is 2.65. The Kier molecular flexibility index (Phi) is 1.28. The molecule has 4 nitrogen and oxygen atoms in total. The zero-order chi connectivity index (χ0) is 9.54. The average Bonchev–Trinajstić information content (AvgIpc) is 2.59. The Morgan fingerprint density at radius 1 is 1.07 bits per heavy atom. The van der Waals surface area contributed by atoms with Gasteiger partial charge in [0.15, 0.2) is 0 Å². The van der Waals surface area contributed by atoms with Gasteiger partial charge in [-0.2, -0.15) is 0 Å². The minimum Gasteiger partial charge on any atom is -0.267 e. The van der Waals surface area contributed by atoms with Gasteiger partial charge in [0, 0.05) is 23.7 Å². The van der Waals surface area contributed by atoms with Crippen LogP contribution in [0.1, 0.15) is 0 Å². The van der Waals surface area contributed by atoms with Gasteiger partial charge in [0.2, 0.25) is 0 Å². The van der Waals surface area contributed by atoms with E-state index in [4.69, 9.17) is 0 Å². The van der Waals surface area contributed by atoms with E-state index in [1.54, 1.807) is 18.5 Å². The maximum absolute atomic E-state index is 11.1. The fourth-order valence-electron chi connectivity index (χ4n) is 1.56. The SMILES string of the molecule is O=C1C=c2c(ccc3nccnc23)=N1. The van der Waals surface area contributed by atoms with Crippen LogP contribution in [0.2, 0.25) is 0 Å². The van der Waals surface area contributed by atoms with E-state index >= 15 is 0 Å². The van der Waals surface area contributed by atoms with E-state index in [2.05, 4.69) is 15.0 Å². The molecule has 0 atom stereocenters. The quantitative estimate of drug-likeness (QED) is 0.557. The van der Waals surface area contributed by atoms with Gasteiger partial charge in [-0.3, -0.25) is 14.8 Å². The smallest absolute Gasteiger partial charge is 0.267 e. The molecule has 1 aliphatic rings. The summed E-state index contributed by atoms with van der Waals surface area (Å²) in [6.07, 6.45) is 4.73. The van der Waals surface area contributed by atoms with Crippen LogP contribution in [0.3, 0.4) is 0 Å². The molecule has 0 aliphatic carbocycles. The van der Waals surface area contributed by atoms with Crippen LogP contribution < -0.4 is 10.6 Å². The standard InChI is InChI=1S/C10H5N3O/c14-9-5-6-7(13-9)1-2-8-10(6)12-4-3-11-8/h1-5H. The van der Waals surface area contributed by atoms with Gasteiger partial charge in [0.1, 0.15) is 0 Å². The van der Waals surface area contributed by atoms with Gasteiger partial charge in [-0.25, -0.2) is 4.99 Å². The topological polar surface area (TPSA) is 55.2 Å². The summed E-state index contributed by atoms with van der Waals surface area (Å²) in [6, 6.07) is 3.60. The van der Waals surface area contributed by atoms with Crippen molar-refractivity contribution in [3.8, 4) is 0 Å². The Morgan fingerprint density at radius 2 is 1.93 bits per heavy atom. The van der Waals surface area contributed by atoms with Crippen LogP contribution in [0, 0.1) is 0 Å². The Labute approximate surface area is 78.6 Å². The number of rotatable bonds is 0. The number of aromatic nitrogens is 2. The number of fused-ring (bicyclic) bond motifs is 3. The first-order valence-corrected chi connectivity index (χ1v) is 4.19. The van der Waals surface area contributed by atoms with E-state index in [-0.39, 0.29) is 5.91 Å². The predicted octanol–water partition coefficient (Wildman–Crippen LogP) is -0.430. The lowest BCUT2D eigenvalue weighted by Gasteiger charge is -1.93. The fraction of sp³-hybridized carbons (Fsp3) is 0. The molecule has 66 valence electrons. The molecular formula is C10H5N3O. The maximum Gasteiger partial charge on any atom is 0.271 e. The summed E-state index contributed by atoms with van der Waals surface area (Å²) in [4.78, 5) is 23.2. The zero-order valence-corrected chi connectivity index (χ0v) is 7.14. The Bertz CT molecular complexity index is 661. The first-order chi connectivity index (χ1) is 6.84. The first kappa shape index (κ1) is 7.32. The molecule has 0 bridgehead atoms. The normalized spacial score (nSPS) is 13.6. The van der Waals surface area contributed by atoms with Gasteiger partial charge >= 0.3 is 0 Å². The van der Waals surface area contributed by atoms with Gasteiger partial charge in [-0.15, -0.1) is 0 Å². The maximum atomic E-state index is 11.1. The molecule has 1 amide bonds. The van der Waals surface area contributed by atoms with Crippen molar-refractivity contribution in [1.29, 1.82) is 0 Å². The van der Waals surface area contributed by atoms with Crippen molar-refractivity contribution in [3.05, 3.63) is 35.1 Å². The van der Waals surface area contributed by atoms with E-state index in [1.807, 2.05) is 6.07 Å². The lowest BCUT2D eigenvalue weighted by Crippen LogP contribution is -2.22. The summed E-state index contributed by atoms with van der Waals surface area (Å²) in [6.45, 7) is 0. The van der Waals surface area contributed by atoms with Crippen molar-refractivity contribution in [1.82, 2.24) is 9.97 Å². The molecule has 0 fully saturated rings.